The molecule has 2 rings (SSSR count). The lowest BCUT2D eigenvalue weighted by Crippen LogP contribution is -1.94. The van der Waals surface area contributed by atoms with E-state index in [4.69, 9.17) is 28.9 Å². The Morgan fingerprint density at radius 3 is 2.59 bits per heavy atom. The minimum absolute atomic E-state index is 0.176. The fourth-order valence-electron chi connectivity index (χ4n) is 1.17. The van der Waals surface area contributed by atoms with E-state index in [1.54, 1.807) is 18.2 Å². The zero-order valence-electron chi connectivity index (χ0n) is 8.45. The number of benzene rings is 1. The summed E-state index contributed by atoms with van der Waals surface area (Å²) in [5.74, 6) is -0.154. The van der Waals surface area contributed by atoms with Gasteiger partial charge in [0.05, 0.1) is 10.0 Å². The van der Waals surface area contributed by atoms with Crippen LogP contribution in [0.15, 0.2) is 40.3 Å². The molecule has 0 saturated heterocycles. The van der Waals surface area contributed by atoms with Crippen LogP contribution in [0.25, 0.3) is 0 Å². The Morgan fingerprint density at radius 1 is 1.18 bits per heavy atom. The molecular formula is C11H7Cl2FN2S. The van der Waals surface area contributed by atoms with Crippen molar-refractivity contribution in [3.63, 3.8) is 0 Å². The third-order valence-electron chi connectivity index (χ3n) is 1.97. The number of pyridine rings is 1. The Labute approximate surface area is 112 Å². The van der Waals surface area contributed by atoms with Crippen molar-refractivity contribution in [1.82, 2.24) is 4.98 Å². The molecule has 0 fully saturated rings. The zero-order valence-corrected chi connectivity index (χ0v) is 10.8. The monoisotopic (exact) mass is 288 g/mol. The molecule has 2 nitrogen and oxygen atoms in total. The van der Waals surface area contributed by atoms with Crippen LogP contribution in [-0.2, 0) is 0 Å². The van der Waals surface area contributed by atoms with E-state index in [1.165, 1.54) is 12.1 Å². The molecule has 0 aliphatic carbocycles. The van der Waals surface area contributed by atoms with Gasteiger partial charge in [0.25, 0.3) is 0 Å². The summed E-state index contributed by atoms with van der Waals surface area (Å²) in [6.45, 7) is 0. The number of nitrogen functional groups attached to an aromatic ring is 1. The third-order valence-corrected chi connectivity index (χ3v) is 3.73. The van der Waals surface area contributed by atoms with Gasteiger partial charge >= 0.3 is 0 Å². The summed E-state index contributed by atoms with van der Waals surface area (Å²) in [6, 6.07) is 7.86. The van der Waals surface area contributed by atoms with E-state index in [-0.39, 0.29) is 16.7 Å². The van der Waals surface area contributed by atoms with Crippen LogP contribution in [0.2, 0.25) is 10.0 Å². The quantitative estimate of drug-likeness (QED) is 0.897. The Morgan fingerprint density at radius 2 is 1.88 bits per heavy atom. The highest BCUT2D eigenvalue weighted by atomic mass is 35.5. The molecule has 0 saturated carbocycles. The van der Waals surface area contributed by atoms with Crippen LogP contribution in [0, 0.1) is 5.82 Å². The van der Waals surface area contributed by atoms with Crippen LogP contribution in [0.5, 0.6) is 0 Å². The Kier molecular flexibility index (Phi) is 3.76. The summed E-state index contributed by atoms with van der Waals surface area (Å²) in [5.41, 5.74) is 5.57. The van der Waals surface area contributed by atoms with Crippen molar-refractivity contribution in [3.8, 4) is 0 Å². The van der Waals surface area contributed by atoms with Crippen LogP contribution < -0.4 is 5.73 Å². The zero-order chi connectivity index (χ0) is 12.4. The van der Waals surface area contributed by atoms with Crippen LogP contribution in [0.3, 0.4) is 0 Å². The summed E-state index contributed by atoms with van der Waals surface area (Å²) in [6.07, 6.45) is 0. The number of rotatable bonds is 2. The van der Waals surface area contributed by atoms with Crippen LogP contribution in [-0.4, -0.2) is 4.98 Å². The topological polar surface area (TPSA) is 38.9 Å². The minimum Gasteiger partial charge on any atom is -0.382 e. The van der Waals surface area contributed by atoms with Gasteiger partial charge in [0, 0.05) is 4.90 Å². The fraction of sp³-hybridized carbons (Fsp3) is 0. The van der Waals surface area contributed by atoms with Gasteiger partial charge in [-0.05, 0) is 18.2 Å². The molecule has 0 spiro atoms. The number of nitrogens with two attached hydrogens (primary N) is 1. The smallest absolute Gasteiger partial charge is 0.143 e. The van der Waals surface area contributed by atoms with Gasteiger partial charge < -0.3 is 5.73 Å². The first-order valence-corrected chi connectivity index (χ1v) is 6.19. The van der Waals surface area contributed by atoms with E-state index in [1.807, 2.05) is 0 Å². The van der Waals surface area contributed by atoms with Gasteiger partial charge in [0.15, 0.2) is 0 Å². The molecule has 1 aromatic carbocycles. The van der Waals surface area contributed by atoms with Gasteiger partial charge in [0.1, 0.15) is 16.7 Å². The Balaban J connectivity index is 2.37. The van der Waals surface area contributed by atoms with Gasteiger partial charge in [-0.15, -0.1) is 0 Å². The molecule has 1 aromatic heterocycles. The third kappa shape index (κ3) is 2.83. The summed E-state index contributed by atoms with van der Waals surface area (Å²) in [7, 11) is 0. The second kappa shape index (κ2) is 5.12. The van der Waals surface area contributed by atoms with Crippen LogP contribution in [0.4, 0.5) is 10.2 Å². The molecule has 0 atom stereocenters. The summed E-state index contributed by atoms with van der Waals surface area (Å²) in [4.78, 5) is 4.45. The number of aromatic nitrogens is 1. The number of halogens is 3. The van der Waals surface area contributed by atoms with Crippen molar-refractivity contribution in [3.05, 3.63) is 46.2 Å². The highest BCUT2D eigenvalue weighted by Crippen LogP contribution is 2.35. The van der Waals surface area contributed by atoms with Gasteiger partial charge in [0.2, 0.25) is 0 Å². The van der Waals surface area contributed by atoms with Gasteiger partial charge in [-0.3, -0.25) is 0 Å². The number of hydrogen-bond acceptors (Lipinski definition) is 3. The lowest BCUT2D eigenvalue weighted by atomic mass is 10.3. The largest absolute Gasteiger partial charge is 0.382 e. The van der Waals surface area contributed by atoms with Crippen molar-refractivity contribution in [2.75, 3.05) is 5.73 Å². The maximum atomic E-state index is 13.4. The molecule has 88 valence electrons. The molecule has 1 heterocycles. The van der Waals surface area contributed by atoms with Gasteiger partial charge in [-0.1, -0.05) is 47.1 Å². The molecular weight excluding hydrogens is 282 g/mol. The van der Waals surface area contributed by atoms with E-state index in [2.05, 4.69) is 4.98 Å². The molecule has 0 amide bonds. The highest BCUT2D eigenvalue weighted by molar-refractivity contribution is 7.99. The van der Waals surface area contributed by atoms with Crippen molar-refractivity contribution in [2.24, 2.45) is 0 Å². The molecule has 0 aliphatic heterocycles. The molecule has 0 aliphatic rings. The standard InChI is InChI=1S/C11H7Cl2FN2S/c12-6-5-7(13)11(16-10(6)15)17-9-4-2-1-3-8(9)14/h1-5H,(H2,15,16). The lowest BCUT2D eigenvalue weighted by Gasteiger charge is -2.06. The molecule has 0 unspecified atom stereocenters. The van der Waals surface area contributed by atoms with Crippen molar-refractivity contribution in [2.45, 2.75) is 9.92 Å². The van der Waals surface area contributed by atoms with Crippen LogP contribution >= 0.6 is 35.0 Å². The minimum atomic E-state index is -0.330. The first-order valence-electron chi connectivity index (χ1n) is 4.62. The average Bonchev–Trinajstić information content (AvgIpc) is 2.29. The second-order valence-corrected chi connectivity index (χ2v) is 5.02. The van der Waals surface area contributed by atoms with Crippen molar-refractivity contribution in [1.29, 1.82) is 0 Å². The van der Waals surface area contributed by atoms with Gasteiger partial charge in [-0.25, -0.2) is 9.37 Å². The Hall–Kier alpha value is -0.970. The maximum absolute atomic E-state index is 13.4. The molecule has 0 radical (unpaired) electrons. The van der Waals surface area contributed by atoms with E-state index in [0.29, 0.717) is 14.9 Å². The summed E-state index contributed by atoms with van der Waals surface area (Å²) >= 11 is 12.8. The van der Waals surface area contributed by atoms with Gasteiger partial charge in [-0.2, -0.15) is 0 Å². The molecule has 2 N–H and O–H groups in total. The SMILES string of the molecule is Nc1nc(Sc2ccccc2F)c(Cl)cc1Cl. The lowest BCUT2D eigenvalue weighted by molar-refractivity contribution is 0.602. The number of nitrogens with zero attached hydrogens (tertiary/aromatic N) is 1. The molecule has 2 aromatic rings. The molecule has 0 bridgehead atoms. The van der Waals surface area contributed by atoms with Crippen LogP contribution in [0.1, 0.15) is 0 Å². The average molecular weight is 289 g/mol. The highest BCUT2D eigenvalue weighted by Gasteiger charge is 2.10. The van der Waals surface area contributed by atoms with E-state index >= 15 is 0 Å². The normalized spacial score (nSPS) is 10.5. The van der Waals surface area contributed by atoms with E-state index in [0.717, 1.165) is 11.8 Å². The predicted molar refractivity (Wildman–Crippen MR) is 69.2 cm³/mol. The summed E-state index contributed by atoms with van der Waals surface area (Å²) in [5, 5.41) is 1.06. The summed E-state index contributed by atoms with van der Waals surface area (Å²) < 4.78 is 13.4. The van der Waals surface area contributed by atoms with Crippen molar-refractivity contribution >= 4 is 40.8 Å². The van der Waals surface area contributed by atoms with E-state index < -0.39 is 0 Å². The fourth-order valence-corrected chi connectivity index (χ4v) is 2.46. The number of anilines is 1. The first-order chi connectivity index (χ1) is 8.08. The van der Waals surface area contributed by atoms with Crippen molar-refractivity contribution < 1.29 is 4.39 Å². The maximum Gasteiger partial charge on any atom is 0.143 e. The molecule has 6 heteroatoms. The first kappa shape index (κ1) is 12.5. The number of hydrogen-bond donors (Lipinski definition) is 1. The molecule has 17 heavy (non-hydrogen) atoms. The predicted octanol–water partition coefficient (Wildman–Crippen LogP) is 4.26. The van der Waals surface area contributed by atoms with E-state index in [9.17, 15) is 4.39 Å². The Bertz CT molecular complexity index is 563. The second-order valence-electron chi connectivity index (χ2n) is 3.17.